The minimum Gasteiger partial charge on any atom is -0.394 e. The van der Waals surface area contributed by atoms with Crippen LogP contribution in [0.5, 0.6) is 0 Å². The first-order chi connectivity index (χ1) is 7.70. The molecule has 0 saturated heterocycles. The SMILES string of the molecule is Cc1cc(-c2ccc(Cl)cc2)nn1CCO. The second-order valence-corrected chi connectivity index (χ2v) is 4.06. The topological polar surface area (TPSA) is 38.0 Å². The maximum atomic E-state index is 8.88. The van der Waals surface area contributed by atoms with Gasteiger partial charge in [0.2, 0.25) is 0 Å². The third kappa shape index (κ3) is 2.26. The molecule has 0 aliphatic rings. The standard InChI is InChI=1S/C12H13ClN2O/c1-9-8-12(14-15(9)6-7-16)10-2-4-11(13)5-3-10/h2-5,8,16H,6-7H2,1H3. The molecule has 0 unspecified atom stereocenters. The maximum absolute atomic E-state index is 8.88. The van der Waals surface area contributed by atoms with Gasteiger partial charge in [-0.05, 0) is 25.1 Å². The summed E-state index contributed by atoms with van der Waals surface area (Å²) in [5.74, 6) is 0. The highest BCUT2D eigenvalue weighted by molar-refractivity contribution is 6.30. The summed E-state index contributed by atoms with van der Waals surface area (Å²) in [7, 11) is 0. The molecule has 1 heterocycles. The van der Waals surface area contributed by atoms with Gasteiger partial charge in [-0.1, -0.05) is 23.7 Å². The van der Waals surface area contributed by atoms with E-state index in [0.29, 0.717) is 6.54 Å². The number of benzene rings is 1. The lowest BCUT2D eigenvalue weighted by atomic mass is 10.1. The highest BCUT2D eigenvalue weighted by Gasteiger charge is 2.05. The quantitative estimate of drug-likeness (QED) is 0.889. The van der Waals surface area contributed by atoms with Gasteiger partial charge in [0, 0.05) is 16.3 Å². The number of rotatable bonds is 3. The van der Waals surface area contributed by atoms with E-state index in [-0.39, 0.29) is 6.61 Å². The van der Waals surface area contributed by atoms with E-state index in [9.17, 15) is 0 Å². The predicted octanol–water partition coefficient (Wildman–Crippen LogP) is 2.50. The van der Waals surface area contributed by atoms with E-state index in [0.717, 1.165) is 22.0 Å². The molecule has 0 spiro atoms. The van der Waals surface area contributed by atoms with Crippen molar-refractivity contribution in [3.05, 3.63) is 41.0 Å². The van der Waals surface area contributed by atoms with Crippen molar-refractivity contribution in [3.63, 3.8) is 0 Å². The van der Waals surface area contributed by atoms with Gasteiger partial charge in [-0.15, -0.1) is 0 Å². The highest BCUT2D eigenvalue weighted by atomic mass is 35.5. The van der Waals surface area contributed by atoms with Crippen LogP contribution in [0.3, 0.4) is 0 Å². The van der Waals surface area contributed by atoms with Gasteiger partial charge >= 0.3 is 0 Å². The average Bonchev–Trinajstić information content (AvgIpc) is 2.62. The Labute approximate surface area is 99.3 Å². The van der Waals surface area contributed by atoms with E-state index in [4.69, 9.17) is 16.7 Å². The number of nitrogens with zero attached hydrogens (tertiary/aromatic N) is 2. The van der Waals surface area contributed by atoms with Crippen LogP contribution in [-0.4, -0.2) is 21.5 Å². The average molecular weight is 237 g/mol. The first-order valence-electron chi connectivity index (χ1n) is 5.12. The van der Waals surface area contributed by atoms with Crippen LogP contribution in [0, 0.1) is 6.92 Å². The van der Waals surface area contributed by atoms with Crippen LogP contribution >= 0.6 is 11.6 Å². The molecule has 1 aromatic carbocycles. The second-order valence-electron chi connectivity index (χ2n) is 3.62. The summed E-state index contributed by atoms with van der Waals surface area (Å²) in [4.78, 5) is 0. The Hall–Kier alpha value is -1.32. The molecule has 0 fully saturated rings. The molecule has 2 aromatic rings. The minimum absolute atomic E-state index is 0.0998. The Kier molecular flexibility index (Phi) is 3.27. The van der Waals surface area contributed by atoms with Gasteiger partial charge in [-0.2, -0.15) is 5.10 Å². The summed E-state index contributed by atoms with van der Waals surface area (Å²) in [6.45, 7) is 2.60. The molecule has 0 amide bonds. The van der Waals surface area contributed by atoms with Crippen LogP contribution in [0.15, 0.2) is 30.3 Å². The van der Waals surface area contributed by atoms with Crippen LogP contribution in [-0.2, 0) is 6.54 Å². The molecule has 0 aliphatic carbocycles. The predicted molar refractivity (Wildman–Crippen MR) is 64.5 cm³/mol. The van der Waals surface area contributed by atoms with Gasteiger partial charge in [0.15, 0.2) is 0 Å². The zero-order valence-corrected chi connectivity index (χ0v) is 9.78. The lowest BCUT2D eigenvalue weighted by molar-refractivity contribution is 0.268. The molecule has 1 N–H and O–H groups in total. The van der Waals surface area contributed by atoms with E-state index >= 15 is 0 Å². The number of aromatic nitrogens is 2. The molecule has 3 nitrogen and oxygen atoms in total. The van der Waals surface area contributed by atoms with Gasteiger partial charge in [0.05, 0.1) is 18.8 Å². The number of aliphatic hydroxyl groups excluding tert-OH is 1. The first-order valence-corrected chi connectivity index (χ1v) is 5.50. The van der Waals surface area contributed by atoms with E-state index in [2.05, 4.69) is 5.10 Å². The summed E-state index contributed by atoms with van der Waals surface area (Å²) in [6.07, 6.45) is 0. The Morgan fingerprint density at radius 2 is 2.00 bits per heavy atom. The van der Waals surface area contributed by atoms with E-state index in [1.807, 2.05) is 37.3 Å². The van der Waals surface area contributed by atoms with E-state index < -0.39 is 0 Å². The van der Waals surface area contributed by atoms with Crippen molar-refractivity contribution in [2.75, 3.05) is 6.61 Å². The minimum atomic E-state index is 0.0998. The van der Waals surface area contributed by atoms with Crippen molar-refractivity contribution >= 4 is 11.6 Å². The number of hydrogen-bond donors (Lipinski definition) is 1. The highest BCUT2D eigenvalue weighted by Crippen LogP contribution is 2.20. The van der Waals surface area contributed by atoms with Crippen molar-refractivity contribution in [1.29, 1.82) is 0 Å². The molecule has 2 rings (SSSR count). The smallest absolute Gasteiger partial charge is 0.0925 e. The van der Waals surface area contributed by atoms with Crippen molar-refractivity contribution in [2.45, 2.75) is 13.5 Å². The van der Waals surface area contributed by atoms with Crippen LogP contribution in [0.25, 0.3) is 11.3 Å². The van der Waals surface area contributed by atoms with Gasteiger partial charge in [0.1, 0.15) is 0 Å². The normalized spacial score (nSPS) is 10.7. The molecule has 0 radical (unpaired) electrons. The molecular weight excluding hydrogens is 224 g/mol. The molecule has 0 bridgehead atoms. The Balaban J connectivity index is 2.33. The summed E-state index contributed by atoms with van der Waals surface area (Å²) in [5, 5.41) is 14.0. The van der Waals surface area contributed by atoms with Gasteiger partial charge in [-0.3, -0.25) is 4.68 Å². The fourth-order valence-corrected chi connectivity index (χ4v) is 1.72. The lowest BCUT2D eigenvalue weighted by Crippen LogP contribution is -2.05. The third-order valence-electron chi connectivity index (χ3n) is 2.43. The number of aliphatic hydroxyl groups is 1. The van der Waals surface area contributed by atoms with Crippen molar-refractivity contribution in [3.8, 4) is 11.3 Å². The van der Waals surface area contributed by atoms with Gasteiger partial charge in [0.25, 0.3) is 0 Å². The van der Waals surface area contributed by atoms with Crippen LogP contribution in [0.2, 0.25) is 5.02 Å². The van der Waals surface area contributed by atoms with Crippen LogP contribution in [0.1, 0.15) is 5.69 Å². The fourth-order valence-electron chi connectivity index (χ4n) is 1.59. The molecule has 84 valence electrons. The molecule has 1 aromatic heterocycles. The van der Waals surface area contributed by atoms with Crippen molar-refractivity contribution in [2.24, 2.45) is 0 Å². The largest absolute Gasteiger partial charge is 0.394 e. The third-order valence-corrected chi connectivity index (χ3v) is 2.68. The lowest BCUT2D eigenvalue weighted by Gasteiger charge is -1.99. The Morgan fingerprint density at radius 3 is 2.62 bits per heavy atom. The fraction of sp³-hybridized carbons (Fsp3) is 0.250. The molecule has 0 atom stereocenters. The van der Waals surface area contributed by atoms with Crippen molar-refractivity contribution < 1.29 is 5.11 Å². The zero-order valence-electron chi connectivity index (χ0n) is 9.02. The van der Waals surface area contributed by atoms with Crippen molar-refractivity contribution in [1.82, 2.24) is 9.78 Å². The Morgan fingerprint density at radius 1 is 1.31 bits per heavy atom. The number of halogens is 1. The summed E-state index contributed by atoms with van der Waals surface area (Å²) in [6, 6.07) is 9.56. The Bertz CT molecular complexity index is 476. The molecule has 0 saturated carbocycles. The second kappa shape index (κ2) is 4.68. The zero-order chi connectivity index (χ0) is 11.5. The molecule has 16 heavy (non-hydrogen) atoms. The summed E-state index contributed by atoms with van der Waals surface area (Å²) >= 11 is 5.83. The van der Waals surface area contributed by atoms with E-state index in [1.165, 1.54) is 0 Å². The summed E-state index contributed by atoms with van der Waals surface area (Å²) < 4.78 is 1.80. The first kappa shape index (κ1) is 11.2. The van der Waals surface area contributed by atoms with Crippen LogP contribution < -0.4 is 0 Å². The number of aryl methyl sites for hydroxylation is 1. The van der Waals surface area contributed by atoms with Gasteiger partial charge in [-0.25, -0.2) is 0 Å². The van der Waals surface area contributed by atoms with Crippen LogP contribution in [0.4, 0.5) is 0 Å². The molecule has 0 aliphatic heterocycles. The number of hydrogen-bond acceptors (Lipinski definition) is 2. The summed E-state index contributed by atoms with van der Waals surface area (Å²) in [5.41, 5.74) is 2.98. The van der Waals surface area contributed by atoms with Gasteiger partial charge < -0.3 is 5.11 Å². The maximum Gasteiger partial charge on any atom is 0.0925 e. The molecular formula is C12H13ClN2O. The van der Waals surface area contributed by atoms with E-state index in [1.54, 1.807) is 4.68 Å². The monoisotopic (exact) mass is 236 g/mol. The molecule has 4 heteroatoms.